The van der Waals surface area contributed by atoms with Crippen molar-refractivity contribution < 1.29 is 27.0 Å². The van der Waals surface area contributed by atoms with Crippen molar-refractivity contribution in [2.75, 3.05) is 19.9 Å². The maximum absolute atomic E-state index is 13.9. The van der Waals surface area contributed by atoms with Gasteiger partial charge in [0.1, 0.15) is 0 Å². The van der Waals surface area contributed by atoms with E-state index in [1.165, 1.54) is 19.2 Å². The average Bonchev–Trinajstić information content (AvgIpc) is 2.90. The number of sulfone groups is 1. The smallest absolute Gasteiger partial charge is 0.217 e. The van der Waals surface area contributed by atoms with Gasteiger partial charge in [-0.25, -0.2) is 22.2 Å². The van der Waals surface area contributed by atoms with Crippen molar-refractivity contribution in [1.82, 2.24) is 10.3 Å². The number of aliphatic hydroxyl groups is 1. The number of piperidine rings is 1. The molecule has 10 heteroatoms. The highest BCUT2D eigenvalue weighted by atomic mass is 35.5. The lowest BCUT2D eigenvalue weighted by Crippen LogP contribution is -2.52. The van der Waals surface area contributed by atoms with E-state index in [2.05, 4.69) is 10.3 Å². The number of nitrogens with zero attached hydrogens (tertiary/aromatic N) is 1. The molecule has 2 N–H and O–H groups in total. The molecule has 3 atom stereocenters. The maximum atomic E-state index is 13.9. The molecule has 1 aromatic heterocycles. The minimum absolute atomic E-state index is 0. The predicted octanol–water partition coefficient (Wildman–Crippen LogP) is 6.07. The molecule has 0 radical (unpaired) electrons. The molecule has 3 aromatic carbocycles. The second-order valence-electron chi connectivity index (χ2n) is 10.4. The largest absolute Gasteiger partial charge is 0.481 e. The topological polar surface area (TPSA) is 88.5 Å². The van der Waals surface area contributed by atoms with E-state index in [9.17, 15) is 22.3 Å². The van der Waals surface area contributed by atoms with Gasteiger partial charge in [-0.1, -0.05) is 37.2 Å². The summed E-state index contributed by atoms with van der Waals surface area (Å²) in [6, 6.07) is 17.3. The Labute approximate surface area is 244 Å². The van der Waals surface area contributed by atoms with Crippen LogP contribution in [0.4, 0.5) is 8.78 Å². The molecule has 5 rings (SSSR count). The van der Waals surface area contributed by atoms with Crippen molar-refractivity contribution in [3.63, 3.8) is 0 Å². The Kier molecular flexibility index (Phi) is 9.04. The third-order valence-corrected chi connectivity index (χ3v) is 8.87. The number of hydrogen-bond acceptors (Lipinski definition) is 6. The van der Waals surface area contributed by atoms with E-state index in [1.807, 2.05) is 18.2 Å². The number of nitrogens with one attached hydrogen (secondary N) is 1. The van der Waals surface area contributed by atoms with Gasteiger partial charge in [0.2, 0.25) is 5.88 Å². The minimum atomic E-state index is -3.46. The van der Waals surface area contributed by atoms with Crippen LogP contribution in [0.5, 0.6) is 5.88 Å². The highest BCUT2D eigenvalue weighted by Crippen LogP contribution is 2.45. The number of rotatable bonds is 7. The molecule has 0 aliphatic carbocycles. The summed E-state index contributed by atoms with van der Waals surface area (Å²) in [5, 5.41) is 16.9. The zero-order valence-electron chi connectivity index (χ0n) is 22.0. The molecule has 0 spiro atoms. The summed E-state index contributed by atoms with van der Waals surface area (Å²) in [5.41, 5.74) is 1.25. The molecular formula is C31H33ClF2N2O4S. The van der Waals surface area contributed by atoms with Gasteiger partial charge in [-0.05, 0) is 85.5 Å². The number of pyridine rings is 1. The molecule has 1 saturated heterocycles. The van der Waals surface area contributed by atoms with Gasteiger partial charge in [0, 0.05) is 34.2 Å². The van der Waals surface area contributed by atoms with Crippen LogP contribution in [-0.2, 0) is 16.3 Å². The summed E-state index contributed by atoms with van der Waals surface area (Å²) in [6.07, 6.45) is 2.22. The Bertz CT molecular complexity index is 1670. The van der Waals surface area contributed by atoms with Gasteiger partial charge in [0.25, 0.3) is 0 Å². The molecule has 1 aliphatic heterocycles. The first-order valence-electron chi connectivity index (χ1n) is 12.8. The second kappa shape index (κ2) is 12.0. The van der Waals surface area contributed by atoms with E-state index >= 15 is 0 Å². The van der Waals surface area contributed by atoms with Crippen LogP contribution in [0.3, 0.4) is 0 Å². The number of benzene rings is 3. The summed E-state index contributed by atoms with van der Waals surface area (Å²) < 4.78 is 57.6. The maximum Gasteiger partial charge on any atom is 0.217 e. The molecule has 1 fully saturated rings. The monoisotopic (exact) mass is 602 g/mol. The van der Waals surface area contributed by atoms with Gasteiger partial charge in [0.15, 0.2) is 21.5 Å². The first kappa shape index (κ1) is 30.8. The molecule has 6 nitrogen and oxygen atoms in total. The Morgan fingerprint density at radius 2 is 1.83 bits per heavy atom. The Hall–Kier alpha value is -3.11. The Morgan fingerprint density at radius 3 is 2.49 bits per heavy atom. The summed E-state index contributed by atoms with van der Waals surface area (Å²) in [7, 11) is -1.96. The number of ether oxygens (including phenoxy) is 1. The SMILES string of the molecule is C.COc1nc2ccc(S(C)(=O)=O)cc2cc1C(c1ccc(Cl)cc1)C1(O)CCNC(Cc2ccc(F)c(F)c2)C1. The fourth-order valence-electron chi connectivity index (χ4n) is 5.64. The normalized spacial score (nSPS) is 19.9. The summed E-state index contributed by atoms with van der Waals surface area (Å²) in [6.45, 7) is 0.483. The highest BCUT2D eigenvalue weighted by Gasteiger charge is 2.44. The zero-order chi connectivity index (χ0) is 28.7. The number of hydrogen-bond donors (Lipinski definition) is 2. The van der Waals surface area contributed by atoms with E-state index in [0.29, 0.717) is 58.7 Å². The molecule has 41 heavy (non-hydrogen) atoms. The Morgan fingerprint density at radius 1 is 1.10 bits per heavy atom. The van der Waals surface area contributed by atoms with Crippen molar-refractivity contribution in [3.8, 4) is 5.88 Å². The van der Waals surface area contributed by atoms with Gasteiger partial charge in [-0.2, -0.15) is 0 Å². The van der Waals surface area contributed by atoms with E-state index in [4.69, 9.17) is 16.3 Å². The van der Waals surface area contributed by atoms with E-state index in [0.717, 1.165) is 17.9 Å². The molecule has 0 bridgehead atoms. The van der Waals surface area contributed by atoms with Crippen LogP contribution >= 0.6 is 11.6 Å². The minimum Gasteiger partial charge on any atom is -0.481 e. The fourth-order valence-corrected chi connectivity index (χ4v) is 6.42. The van der Waals surface area contributed by atoms with Gasteiger partial charge < -0.3 is 15.2 Å². The van der Waals surface area contributed by atoms with Crippen molar-refractivity contribution in [1.29, 1.82) is 0 Å². The third-order valence-electron chi connectivity index (χ3n) is 7.51. The predicted molar refractivity (Wildman–Crippen MR) is 157 cm³/mol. The first-order valence-corrected chi connectivity index (χ1v) is 15.1. The van der Waals surface area contributed by atoms with Crippen molar-refractivity contribution >= 4 is 32.3 Å². The zero-order valence-corrected chi connectivity index (χ0v) is 23.6. The molecule has 0 saturated carbocycles. The van der Waals surface area contributed by atoms with Crippen molar-refractivity contribution in [2.24, 2.45) is 0 Å². The van der Waals surface area contributed by atoms with Crippen LogP contribution < -0.4 is 10.1 Å². The highest BCUT2D eigenvalue weighted by molar-refractivity contribution is 7.90. The number of aromatic nitrogens is 1. The lowest BCUT2D eigenvalue weighted by atomic mass is 9.70. The van der Waals surface area contributed by atoms with E-state index in [1.54, 1.807) is 30.3 Å². The van der Waals surface area contributed by atoms with Crippen LogP contribution in [0.2, 0.25) is 5.02 Å². The number of methoxy groups -OCH3 is 1. The van der Waals surface area contributed by atoms with Crippen LogP contribution in [0.25, 0.3) is 10.9 Å². The average molecular weight is 603 g/mol. The summed E-state index contributed by atoms with van der Waals surface area (Å²) in [5.74, 6) is -2.13. The number of fused-ring (bicyclic) bond motifs is 1. The third kappa shape index (κ3) is 6.54. The summed E-state index contributed by atoms with van der Waals surface area (Å²) in [4.78, 5) is 4.82. The number of halogens is 3. The molecule has 4 aromatic rings. The van der Waals surface area contributed by atoms with Crippen LogP contribution in [0, 0.1) is 11.6 Å². The second-order valence-corrected chi connectivity index (χ2v) is 12.8. The molecular weight excluding hydrogens is 570 g/mol. The van der Waals surface area contributed by atoms with Gasteiger partial charge in [-0.3, -0.25) is 0 Å². The molecule has 1 aliphatic rings. The van der Waals surface area contributed by atoms with Gasteiger partial charge in [0.05, 0.1) is 23.1 Å². The lowest BCUT2D eigenvalue weighted by Gasteiger charge is -2.43. The van der Waals surface area contributed by atoms with Crippen molar-refractivity contribution in [2.45, 2.75) is 49.1 Å². The van der Waals surface area contributed by atoms with Crippen LogP contribution in [0.15, 0.2) is 71.6 Å². The molecule has 0 amide bonds. The fraction of sp³-hybridized carbons (Fsp3) is 0.323. The molecule has 218 valence electrons. The van der Waals surface area contributed by atoms with Crippen LogP contribution in [-0.4, -0.2) is 50.1 Å². The van der Waals surface area contributed by atoms with Gasteiger partial charge >= 0.3 is 0 Å². The first-order chi connectivity index (χ1) is 19.0. The van der Waals surface area contributed by atoms with Crippen LogP contribution in [0.1, 0.15) is 42.9 Å². The quantitative estimate of drug-likeness (QED) is 0.267. The molecule has 2 heterocycles. The van der Waals surface area contributed by atoms with Gasteiger partial charge in [-0.15, -0.1) is 0 Å². The summed E-state index contributed by atoms with van der Waals surface area (Å²) >= 11 is 6.19. The lowest BCUT2D eigenvalue weighted by molar-refractivity contribution is -0.0191. The van der Waals surface area contributed by atoms with Crippen molar-refractivity contribution in [3.05, 3.63) is 100 Å². The molecule has 3 unspecified atom stereocenters. The van der Waals surface area contributed by atoms with E-state index in [-0.39, 0.29) is 18.4 Å². The standard InChI is InChI=1S/C30H29ClF2N2O4S.CH4/c1-39-29-24(16-20-15-23(40(2,37)38)8-10-27(20)35-29)28(19-4-6-21(31)7-5-19)30(36)11-12-34-22(17-30)13-18-3-9-25(32)26(33)14-18;/h3-10,14-16,22,28,34,36H,11-13,17H2,1-2H3;1H4. The van der Waals surface area contributed by atoms with E-state index < -0.39 is 33.0 Å². The Balaban J connectivity index is 0.00000387.